The van der Waals surface area contributed by atoms with Crippen LogP contribution >= 0.6 is 0 Å². The lowest BCUT2D eigenvalue weighted by Gasteiger charge is -2.46. The van der Waals surface area contributed by atoms with Gasteiger partial charge in [-0.2, -0.15) is 0 Å². The largest absolute Gasteiger partial charge is 0.310 e. The third kappa shape index (κ3) is 10.7. The quantitative estimate of drug-likeness (QED) is 0.0892. The number of fused-ring (bicyclic) bond motifs is 13. The summed E-state index contributed by atoms with van der Waals surface area (Å²) in [6, 6.07) is 159. The predicted octanol–water partition coefficient (Wildman–Crippen LogP) is 27.3. The van der Waals surface area contributed by atoms with Crippen molar-refractivity contribution in [3.05, 3.63) is 425 Å². The zero-order valence-corrected chi connectivity index (χ0v) is 61.3. The number of aromatic nitrogens is 1. The molecule has 0 spiro atoms. The van der Waals surface area contributed by atoms with Gasteiger partial charge in [0, 0.05) is 61.2 Å². The van der Waals surface area contributed by atoms with Gasteiger partial charge in [0.25, 0.3) is 6.71 Å². The van der Waals surface area contributed by atoms with Crippen LogP contribution in [-0.4, -0.2) is 11.3 Å². The fourth-order valence-corrected chi connectivity index (χ4v) is 18.4. The maximum absolute atomic E-state index is 2.71. The zero-order chi connectivity index (χ0) is 73.7. The molecule has 0 bridgehead atoms. The van der Waals surface area contributed by atoms with E-state index in [4.69, 9.17) is 0 Å². The van der Waals surface area contributed by atoms with E-state index < -0.39 is 0 Å². The van der Waals surface area contributed by atoms with Crippen LogP contribution in [0.1, 0.15) is 0 Å². The molecule has 0 atom stereocenters. The first-order valence-corrected chi connectivity index (χ1v) is 38.8. The Kier molecular flexibility index (Phi) is 15.4. The summed E-state index contributed by atoms with van der Waals surface area (Å²) in [6.45, 7) is -0.316. The Morgan fingerprint density at radius 2 is 0.527 bits per heavy atom. The highest BCUT2D eigenvalue weighted by molar-refractivity contribution is 7.00. The first kappa shape index (κ1) is 64.6. The van der Waals surface area contributed by atoms with Crippen LogP contribution in [0.25, 0.3) is 160 Å². The van der Waals surface area contributed by atoms with Crippen LogP contribution < -0.4 is 26.2 Å². The molecule has 0 N–H and O–H groups in total. The molecule has 0 saturated carbocycles. The summed E-state index contributed by atoms with van der Waals surface area (Å²) in [5.74, 6) is 0. The third-order valence-electron chi connectivity index (χ3n) is 23.5. The molecule has 0 saturated heterocycles. The van der Waals surface area contributed by atoms with E-state index in [2.05, 4.69) is 439 Å². The summed E-state index contributed by atoms with van der Waals surface area (Å²) >= 11 is 0. The van der Waals surface area contributed by atoms with Gasteiger partial charge in [0.05, 0.1) is 28.1 Å². The summed E-state index contributed by atoms with van der Waals surface area (Å²) in [6.07, 6.45) is 0. The van der Waals surface area contributed by atoms with Gasteiger partial charge < -0.3 is 14.4 Å². The number of rotatable bonds is 12. The van der Waals surface area contributed by atoms with E-state index in [1.165, 1.54) is 65.0 Å². The van der Waals surface area contributed by atoms with Gasteiger partial charge in [-0.3, -0.25) is 0 Å². The highest BCUT2D eigenvalue weighted by Gasteiger charge is 2.46. The average molecular weight is 1420 g/mol. The van der Waals surface area contributed by atoms with Crippen molar-refractivity contribution >= 4 is 111 Å². The Balaban J connectivity index is 0.955. The molecule has 0 amide bonds. The lowest BCUT2D eigenvalue weighted by atomic mass is 9.33. The highest BCUT2D eigenvalue weighted by atomic mass is 15.2. The monoisotopic (exact) mass is 1420 g/mol. The summed E-state index contributed by atoms with van der Waals surface area (Å²) in [5, 5.41) is 9.65. The molecule has 0 fully saturated rings. The van der Waals surface area contributed by atoms with Crippen LogP contribution in [0.2, 0.25) is 0 Å². The molecule has 20 aromatic rings. The Bertz CT molecular complexity index is 6680. The number of benzene rings is 19. The fraction of sp³-hybridized carbons (Fsp3) is 0. The average Bonchev–Trinajstić information content (AvgIpc) is 0.983. The summed E-state index contributed by atoms with van der Waals surface area (Å²) in [5.41, 5.74) is 33.9. The molecule has 4 heteroatoms. The molecule has 22 rings (SSSR count). The molecule has 1 aromatic heterocycles. The van der Waals surface area contributed by atoms with Gasteiger partial charge in [-0.1, -0.05) is 358 Å². The van der Waals surface area contributed by atoms with Gasteiger partial charge >= 0.3 is 0 Å². The van der Waals surface area contributed by atoms with Gasteiger partial charge in [-0.15, -0.1) is 0 Å². The highest BCUT2D eigenvalue weighted by Crippen LogP contribution is 2.56. The minimum absolute atomic E-state index is 0.316. The van der Waals surface area contributed by atoms with E-state index in [1.54, 1.807) is 0 Å². The summed E-state index contributed by atoms with van der Waals surface area (Å²) in [7, 11) is 0. The topological polar surface area (TPSA) is 11.4 Å². The molecule has 520 valence electrons. The minimum atomic E-state index is -0.316. The summed E-state index contributed by atoms with van der Waals surface area (Å²) < 4.78 is 2.65. The second-order valence-corrected chi connectivity index (χ2v) is 29.8. The van der Waals surface area contributed by atoms with Crippen molar-refractivity contribution < 1.29 is 0 Å². The second kappa shape index (κ2) is 26.7. The Hall–Kier alpha value is -14.6. The van der Waals surface area contributed by atoms with E-state index in [0.717, 1.165) is 145 Å². The van der Waals surface area contributed by atoms with Gasteiger partial charge in [0.2, 0.25) is 0 Å². The Morgan fingerprint density at radius 3 is 0.964 bits per heavy atom. The normalized spacial score (nSPS) is 12.2. The van der Waals surface area contributed by atoms with Crippen molar-refractivity contribution in [2.45, 2.75) is 0 Å². The van der Waals surface area contributed by atoms with Crippen LogP contribution in [-0.2, 0) is 0 Å². The molecule has 0 radical (unpaired) electrons. The van der Waals surface area contributed by atoms with Gasteiger partial charge in [0.15, 0.2) is 0 Å². The number of nitrogens with zero attached hydrogens (tertiary/aromatic N) is 3. The third-order valence-corrected chi connectivity index (χ3v) is 23.5. The molecule has 3 heterocycles. The second-order valence-electron chi connectivity index (χ2n) is 29.8. The van der Waals surface area contributed by atoms with Crippen molar-refractivity contribution in [3.8, 4) is 106 Å². The van der Waals surface area contributed by atoms with Crippen LogP contribution in [0.5, 0.6) is 0 Å². The standard InChI is InChI=1S/C108H70BN3/c1-9-31-71(32-10-1)83-56-59-100-97(67-83)109-98-68-84(72-33-11-2-12-34-72)57-60-101(98)112(107-94(78-44-21-7-22-45-78)65-86(74-37-15-4-16-38-74)66-95(107)79-46-23-8-24-47-79)103-70-87(69-102(105(103)109)111(100)106-92(76-40-17-5-18-41-76)63-85(73-35-13-3-14-36-73)64-93(106)77-42-19-6-20-43-77)110-99-58-55-82(81-54-53-75-39-25-26-48-80(75)61-81)62-96(99)104-90-51-29-27-49-88(90)89-50-28-30-52-91(89)108(104)110/h1-70H. The number of hydrogen-bond acceptors (Lipinski definition) is 2. The van der Waals surface area contributed by atoms with Crippen molar-refractivity contribution in [1.29, 1.82) is 0 Å². The van der Waals surface area contributed by atoms with Gasteiger partial charge in [-0.05, 0) is 188 Å². The fourth-order valence-electron chi connectivity index (χ4n) is 18.4. The van der Waals surface area contributed by atoms with Gasteiger partial charge in [-0.25, -0.2) is 0 Å². The molecule has 2 aliphatic heterocycles. The van der Waals surface area contributed by atoms with E-state index >= 15 is 0 Å². The maximum Gasteiger partial charge on any atom is 0.252 e. The smallest absolute Gasteiger partial charge is 0.252 e. The first-order chi connectivity index (χ1) is 55.6. The Morgan fingerprint density at radius 1 is 0.196 bits per heavy atom. The molecule has 2 aliphatic rings. The molecule has 0 aliphatic carbocycles. The van der Waals surface area contributed by atoms with Crippen molar-refractivity contribution in [3.63, 3.8) is 0 Å². The number of hydrogen-bond donors (Lipinski definition) is 0. The van der Waals surface area contributed by atoms with Crippen LogP contribution in [0, 0.1) is 0 Å². The molecular weight excluding hydrogens is 1350 g/mol. The molecule has 112 heavy (non-hydrogen) atoms. The first-order valence-electron chi connectivity index (χ1n) is 38.8. The predicted molar refractivity (Wildman–Crippen MR) is 476 cm³/mol. The van der Waals surface area contributed by atoms with E-state index in [1.807, 2.05) is 0 Å². The maximum atomic E-state index is 2.71. The van der Waals surface area contributed by atoms with E-state index in [-0.39, 0.29) is 6.71 Å². The lowest BCUT2D eigenvalue weighted by molar-refractivity contribution is 1.16. The van der Waals surface area contributed by atoms with E-state index in [0.29, 0.717) is 0 Å². The van der Waals surface area contributed by atoms with Crippen LogP contribution in [0.4, 0.5) is 34.1 Å². The zero-order valence-electron chi connectivity index (χ0n) is 61.3. The SMILES string of the molecule is c1ccc(-c2ccc3c(c2)B2c4cc(-c5ccccc5)ccc4N(c4c(-c5ccccc5)cc(-c5ccccc5)cc4-c4ccccc4)c4cc(-n5c6ccc(-c7ccc8ccccc8c7)cc6c6c7ccccc7c7ccccc7c65)cc(c42)N3c2c(-c3ccccc3)cc(-c3ccccc3)cc2-c2ccccc2)cc1. The van der Waals surface area contributed by atoms with Crippen molar-refractivity contribution in [2.75, 3.05) is 9.80 Å². The minimum Gasteiger partial charge on any atom is -0.310 e. The number of anilines is 6. The van der Waals surface area contributed by atoms with Gasteiger partial charge in [0.1, 0.15) is 0 Å². The lowest BCUT2D eigenvalue weighted by Crippen LogP contribution is -2.61. The Labute approximate surface area is 651 Å². The van der Waals surface area contributed by atoms with Crippen molar-refractivity contribution in [1.82, 2.24) is 4.57 Å². The van der Waals surface area contributed by atoms with Crippen LogP contribution in [0.15, 0.2) is 425 Å². The summed E-state index contributed by atoms with van der Waals surface area (Å²) in [4.78, 5) is 5.42. The molecular formula is C108H70BN3. The van der Waals surface area contributed by atoms with Crippen LogP contribution in [0.3, 0.4) is 0 Å². The molecule has 0 unspecified atom stereocenters. The molecule has 19 aromatic carbocycles. The molecule has 3 nitrogen and oxygen atoms in total. The van der Waals surface area contributed by atoms with E-state index in [9.17, 15) is 0 Å². The van der Waals surface area contributed by atoms with Crippen molar-refractivity contribution in [2.24, 2.45) is 0 Å².